The fourth-order valence-electron chi connectivity index (χ4n) is 1.93. The lowest BCUT2D eigenvalue weighted by atomic mass is 10.1. The number of aryl methyl sites for hydroxylation is 2. The summed E-state index contributed by atoms with van der Waals surface area (Å²) in [5.74, 6) is 0. The minimum atomic E-state index is 0.0938. The highest BCUT2D eigenvalue weighted by molar-refractivity contribution is 7.11. The third-order valence-electron chi connectivity index (χ3n) is 2.89. The van der Waals surface area contributed by atoms with Gasteiger partial charge < -0.3 is 10.4 Å². The van der Waals surface area contributed by atoms with Crippen molar-refractivity contribution in [2.75, 3.05) is 0 Å². The number of hydrogen-bond donors (Lipinski definition) is 2. The van der Waals surface area contributed by atoms with Crippen LogP contribution in [0.1, 0.15) is 26.7 Å². The van der Waals surface area contributed by atoms with Crippen molar-refractivity contribution in [2.45, 2.75) is 33.5 Å². The summed E-state index contributed by atoms with van der Waals surface area (Å²) < 4.78 is 0. The van der Waals surface area contributed by atoms with Gasteiger partial charge in [0.15, 0.2) is 0 Å². The van der Waals surface area contributed by atoms with Crippen LogP contribution in [0.3, 0.4) is 0 Å². The number of thiazole rings is 1. The Bertz CT molecular complexity index is 522. The van der Waals surface area contributed by atoms with E-state index in [0.717, 1.165) is 34.9 Å². The van der Waals surface area contributed by atoms with Gasteiger partial charge >= 0.3 is 0 Å². The average molecular weight is 262 g/mol. The molecule has 0 bridgehead atoms. The molecule has 0 amide bonds. The first-order valence-electron chi connectivity index (χ1n) is 6.02. The molecule has 0 aliphatic heterocycles. The van der Waals surface area contributed by atoms with E-state index < -0.39 is 0 Å². The van der Waals surface area contributed by atoms with Crippen LogP contribution in [-0.2, 0) is 19.7 Å². The first-order valence-corrected chi connectivity index (χ1v) is 6.83. The number of rotatable bonds is 5. The molecule has 2 N–H and O–H groups in total. The highest BCUT2D eigenvalue weighted by atomic mass is 32.1. The largest absolute Gasteiger partial charge is 0.392 e. The third kappa shape index (κ3) is 3.16. The predicted octanol–water partition coefficient (Wildman–Crippen LogP) is 2.54. The Morgan fingerprint density at radius 2 is 1.89 bits per heavy atom. The summed E-state index contributed by atoms with van der Waals surface area (Å²) in [6, 6.07) is 7.95. The number of aliphatic hydroxyl groups is 1. The van der Waals surface area contributed by atoms with Crippen molar-refractivity contribution in [1.82, 2.24) is 10.3 Å². The second-order valence-corrected chi connectivity index (χ2v) is 5.56. The average Bonchev–Trinajstić information content (AvgIpc) is 2.68. The SMILES string of the molecule is Cc1nc(C)c(CNCc2ccccc2CO)s1. The van der Waals surface area contributed by atoms with Crippen molar-refractivity contribution in [2.24, 2.45) is 0 Å². The van der Waals surface area contributed by atoms with Crippen molar-refractivity contribution < 1.29 is 5.11 Å². The summed E-state index contributed by atoms with van der Waals surface area (Å²) >= 11 is 1.74. The smallest absolute Gasteiger partial charge is 0.0900 e. The van der Waals surface area contributed by atoms with Crippen LogP contribution in [-0.4, -0.2) is 10.1 Å². The standard InChI is InChI=1S/C14H18N2OS/c1-10-14(18-11(2)16-10)8-15-7-12-5-3-4-6-13(12)9-17/h3-6,15,17H,7-9H2,1-2H3. The lowest BCUT2D eigenvalue weighted by Crippen LogP contribution is -2.13. The van der Waals surface area contributed by atoms with Crippen LogP contribution >= 0.6 is 11.3 Å². The van der Waals surface area contributed by atoms with Gasteiger partial charge in [0.25, 0.3) is 0 Å². The summed E-state index contributed by atoms with van der Waals surface area (Å²) in [5.41, 5.74) is 3.25. The molecule has 18 heavy (non-hydrogen) atoms. The van der Waals surface area contributed by atoms with E-state index in [1.807, 2.05) is 38.1 Å². The minimum absolute atomic E-state index is 0.0938. The molecule has 2 rings (SSSR count). The van der Waals surface area contributed by atoms with Crippen LogP contribution in [0.4, 0.5) is 0 Å². The second-order valence-electron chi connectivity index (χ2n) is 4.27. The Hall–Kier alpha value is -1.23. The normalized spacial score (nSPS) is 10.8. The molecule has 0 aliphatic rings. The van der Waals surface area contributed by atoms with E-state index in [0.29, 0.717) is 0 Å². The molecule has 0 unspecified atom stereocenters. The van der Waals surface area contributed by atoms with E-state index in [9.17, 15) is 5.11 Å². The molecule has 0 spiro atoms. The molecule has 0 saturated carbocycles. The summed E-state index contributed by atoms with van der Waals surface area (Å²) in [6.45, 7) is 5.77. The highest BCUT2D eigenvalue weighted by Crippen LogP contribution is 2.17. The Morgan fingerprint density at radius 1 is 1.17 bits per heavy atom. The van der Waals surface area contributed by atoms with E-state index in [4.69, 9.17) is 0 Å². The van der Waals surface area contributed by atoms with Crippen molar-refractivity contribution in [1.29, 1.82) is 0 Å². The van der Waals surface area contributed by atoms with E-state index in [1.54, 1.807) is 11.3 Å². The van der Waals surface area contributed by atoms with Gasteiger partial charge in [-0.1, -0.05) is 24.3 Å². The molecule has 1 heterocycles. The van der Waals surface area contributed by atoms with Crippen LogP contribution in [0.2, 0.25) is 0 Å². The first kappa shape index (κ1) is 13.2. The van der Waals surface area contributed by atoms with Crippen LogP contribution in [0.25, 0.3) is 0 Å². The quantitative estimate of drug-likeness (QED) is 0.870. The zero-order valence-corrected chi connectivity index (χ0v) is 11.5. The Morgan fingerprint density at radius 3 is 2.50 bits per heavy atom. The van der Waals surface area contributed by atoms with Crippen molar-refractivity contribution in [3.8, 4) is 0 Å². The number of aromatic nitrogens is 1. The zero-order chi connectivity index (χ0) is 13.0. The zero-order valence-electron chi connectivity index (χ0n) is 10.7. The summed E-state index contributed by atoms with van der Waals surface area (Å²) in [7, 11) is 0. The highest BCUT2D eigenvalue weighted by Gasteiger charge is 2.05. The lowest BCUT2D eigenvalue weighted by molar-refractivity contribution is 0.280. The Kier molecular flexibility index (Phi) is 4.47. The maximum atomic E-state index is 9.25. The van der Waals surface area contributed by atoms with Gasteiger partial charge in [0.05, 0.1) is 17.3 Å². The molecule has 3 nitrogen and oxygen atoms in total. The van der Waals surface area contributed by atoms with Crippen LogP contribution in [0.5, 0.6) is 0 Å². The van der Waals surface area contributed by atoms with E-state index in [1.165, 1.54) is 4.88 Å². The van der Waals surface area contributed by atoms with Gasteiger partial charge in [-0.2, -0.15) is 0 Å². The van der Waals surface area contributed by atoms with Gasteiger partial charge in [0.1, 0.15) is 0 Å². The van der Waals surface area contributed by atoms with Crippen molar-refractivity contribution in [3.63, 3.8) is 0 Å². The Labute approximate surface area is 112 Å². The number of hydrogen-bond acceptors (Lipinski definition) is 4. The lowest BCUT2D eigenvalue weighted by Gasteiger charge is -2.08. The number of nitrogens with one attached hydrogen (secondary N) is 1. The van der Waals surface area contributed by atoms with Crippen molar-refractivity contribution >= 4 is 11.3 Å². The summed E-state index contributed by atoms with van der Waals surface area (Å²) in [4.78, 5) is 5.70. The topological polar surface area (TPSA) is 45.2 Å². The molecule has 0 saturated heterocycles. The fourth-order valence-corrected chi connectivity index (χ4v) is 2.84. The summed E-state index contributed by atoms with van der Waals surface area (Å²) in [6.07, 6.45) is 0. The molecule has 1 aromatic carbocycles. The maximum Gasteiger partial charge on any atom is 0.0900 e. The van der Waals surface area contributed by atoms with Crippen LogP contribution in [0.15, 0.2) is 24.3 Å². The molecular formula is C14H18N2OS. The molecular weight excluding hydrogens is 244 g/mol. The van der Waals surface area contributed by atoms with Gasteiger partial charge in [-0.25, -0.2) is 4.98 Å². The van der Waals surface area contributed by atoms with E-state index in [2.05, 4.69) is 10.3 Å². The molecule has 1 aromatic heterocycles. The van der Waals surface area contributed by atoms with Gasteiger partial charge in [-0.15, -0.1) is 11.3 Å². The number of benzene rings is 1. The van der Waals surface area contributed by atoms with Gasteiger partial charge in [0.2, 0.25) is 0 Å². The predicted molar refractivity (Wildman–Crippen MR) is 74.5 cm³/mol. The second kappa shape index (κ2) is 6.09. The Balaban J connectivity index is 1.94. The van der Waals surface area contributed by atoms with E-state index in [-0.39, 0.29) is 6.61 Å². The molecule has 2 aromatic rings. The van der Waals surface area contributed by atoms with Gasteiger partial charge in [-0.3, -0.25) is 0 Å². The number of nitrogens with zero attached hydrogens (tertiary/aromatic N) is 1. The van der Waals surface area contributed by atoms with Gasteiger partial charge in [-0.05, 0) is 25.0 Å². The maximum absolute atomic E-state index is 9.25. The molecule has 0 aliphatic carbocycles. The van der Waals surface area contributed by atoms with Crippen LogP contribution in [0, 0.1) is 13.8 Å². The fraction of sp³-hybridized carbons (Fsp3) is 0.357. The third-order valence-corrected chi connectivity index (χ3v) is 3.96. The number of aliphatic hydroxyl groups excluding tert-OH is 1. The summed E-state index contributed by atoms with van der Waals surface area (Å²) in [5, 5.41) is 13.8. The van der Waals surface area contributed by atoms with Crippen molar-refractivity contribution in [3.05, 3.63) is 51.0 Å². The molecule has 4 heteroatoms. The monoisotopic (exact) mass is 262 g/mol. The molecule has 0 radical (unpaired) electrons. The van der Waals surface area contributed by atoms with Gasteiger partial charge in [0, 0.05) is 18.0 Å². The molecule has 0 fully saturated rings. The molecule has 0 atom stereocenters. The molecule has 96 valence electrons. The van der Waals surface area contributed by atoms with E-state index >= 15 is 0 Å². The first-order chi connectivity index (χ1) is 8.70. The van der Waals surface area contributed by atoms with Crippen LogP contribution < -0.4 is 5.32 Å². The minimum Gasteiger partial charge on any atom is -0.392 e.